The zero-order valence-corrected chi connectivity index (χ0v) is 15.5. The van der Waals surface area contributed by atoms with Gasteiger partial charge in [-0.15, -0.1) is 0 Å². The maximum absolute atomic E-state index is 13.3. The van der Waals surface area contributed by atoms with Gasteiger partial charge in [-0.1, -0.05) is 24.3 Å². The lowest BCUT2D eigenvalue weighted by Gasteiger charge is -2.44. The van der Waals surface area contributed by atoms with Gasteiger partial charge in [-0.2, -0.15) is 0 Å². The topological polar surface area (TPSA) is 40.5 Å². The molecular weight excluding hydrogens is 348 g/mol. The number of carbonyl (C=O) groups excluding carboxylic acids is 1. The molecule has 1 aliphatic heterocycles. The van der Waals surface area contributed by atoms with Crippen LogP contribution in [0.5, 0.6) is 0 Å². The largest absolute Gasteiger partial charge is 0.396 e. The first-order chi connectivity index (χ1) is 12.9. The van der Waals surface area contributed by atoms with Crippen LogP contribution in [0, 0.1) is 11.6 Å². The summed E-state index contributed by atoms with van der Waals surface area (Å²) in [5.41, 5.74) is 1.46. The molecule has 27 heavy (non-hydrogen) atoms. The molecule has 144 valence electrons. The molecule has 0 saturated carbocycles. The highest BCUT2D eigenvalue weighted by molar-refractivity contribution is 5.79. The quantitative estimate of drug-likeness (QED) is 0.817. The lowest BCUT2D eigenvalue weighted by atomic mass is 9.69. The monoisotopic (exact) mass is 373 g/mol. The Morgan fingerprint density at radius 3 is 2.22 bits per heavy atom. The van der Waals surface area contributed by atoms with Crippen molar-refractivity contribution in [2.24, 2.45) is 0 Å². The zero-order valence-electron chi connectivity index (χ0n) is 15.5. The summed E-state index contributed by atoms with van der Waals surface area (Å²) in [5, 5.41) is 9.29. The number of hydrogen-bond donors (Lipinski definition) is 1. The van der Waals surface area contributed by atoms with Gasteiger partial charge in [0.25, 0.3) is 0 Å². The van der Waals surface area contributed by atoms with Crippen molar-refractivity contribution in [3.8, 4) is 0 Å². The molecule has 2 atom stereocenters. The van der Waals surface area contributed by atoms with Gasteiger partial charge in [0, 0.05) is 25.0 Å². The van der Waals surface area contributed by atoms with Crippen LogP contribution in [0.3, 0.4) is 0 Å². The fraction of sp³-hybridized carbons (Fsp3) is 0.409. The highest BCUT2D eigenvalue weighted by atomic mass is 19.1. The summed E-state index contributed by atoms with van der Waals surface area (Å²) >= 11 is 0. The Balaban J connectivity index is 1.81. The molecule has 0 spiro atoms. The van der Waals surface area contributed by atoms with E-state index in [9.17, 15) is 18.7 Å². The third-order valence-electron chi connectivity index (χ3n) is 5.73. The minimum atomic E-state index is -0.382. The number of amides is 1. The Labute approximate surface area is 158 Å². The third-order valence-corrected chi connectivity index (χ3v) is 5.73. The predicted molar refractivity (Wildman–Crippen MR) is 100 cm³/mol. The fourth-order valence-electron chi connectivity index (χ4n) is 4.09. The molecule has 0 aliphatic carbocycles. The van der Waals surface area contributed by atoms with Crippen LogP contribution >= 0.6 is 0 Å². The number of aliphatic hydroxyl groups excluding tert-OH is 1. The lowest BCUT2D eigenvalue weighted by Crippen LogP contribution is -2.47. The van der Waals surface area contributed by atoms with E-state index in [1.54, 1.807) is 24.3 Å². The van der Waals surface area contributed by atoms with Gasteiger partial charge < -0.3 is 10.0 Å². The van der Waals surface area contributed by atoms with E-state index in [1.807, 2.05) is 11.8 Å². The van der Waals surface area contributed by atoms with E-state index in [2.05, 4.69) is 0 Å². The summed E-state index contributed by atoms with van der Waals surface area (Å²) in [6.45, 7) is 2.58. The molecule has 3 nitrogen and oxygen atoms in total. The maximum atomic E-state index is 13.3. The molecule has 0 radical (unpaired) electrons. The number of rotatable bonds is 6. The molecule has 2 aromatic rings. The molecule has 0 aromatic heterocycles. The average Bonchev–Trinajstić information content (AvgIpc) is 2.67. The molecule has 1 unspecified atom stereocenters. The Morgan fingerprint density at radius 2 is 1.67 bits per heavy atom. The summed E-state index contributed by atoms with van der Waals surface area (Å²) in [7, 11) is 0. The van der Waals surface area contributed by atoms with Crippen molar-refractivity contribution in [3.05, 3.63) is 71.3 Å². The molecule has 0 bridgehead atoms. The number of halogens is 2. The summed E-state index contributed by atoms with van der Waals surface area (Å²) in [6, 6.07) is 12.4. The molecule has 1 saturated heterocycles. The van der Waals surface area contributed by atoms with Gasteiger partial charge >= 0.3 is 0 Å². The van der Waals surface area contributed by atoms with Crippen LogP contribution in [-0.2, 0) is 10.2 Å². The molecule has 2 aromatic carbocycles. The molecule has 1 aliphatic rings. The van der Waals surface area contributed by atoms with Crippen LogP contribution in [0.15, 0.2) is 48.5 Å². The number of benzene rings is 2. The van der Waals surface area contributed by atoms with E-state index in [4.69, 9.17) is 0 Å². The van der Waals surface area contributed by atoms with Crippen LogP contribution < -0.4 is 0 Å². The maximum Gasteiger partial charge on any atom is 0.223 e. The SMILES string of the molecule is C[C@@H](c1ccc(F)cc1)N1CCC(CCCO)(c2ccc(F)cc2)CC1=O. The van der Waals surface area contributed by atoms with E-state index in [-0.39, 0.29) is 35.6 Å². The van der Waals surface area contributed by atoms with Crippen LogP contribution in [-0.4, -0.2) is 29.1 Å². The molecule has 1 fully saturated rings. The highest BCUT2D eigenvalue weighted by Gasteiger charge is 2.41. The standard InChI is InChI=1S/C22H25F2NO2/c1-16(17-3-7-19(23)8-4-17)25-13-12-22(11-2-14-26,15-21(25)27)18-5-9-20(24)10-6-18/h3-10,16,26H,2,11-15H2,1H3/t16-,22?/m0/s1. The first-order valence-corrected chi connectivity index (χ1v) is 9.37. The number of aliphatic hydroxyl groups is 1. The number of hydrogen-bond acceptors (Lipinski definition) is 2. The summed E-state index contributed by atoms with van der Waals surface area (Å²) in [5.74, 6) is -0.569. The van der Waals surface area contributed by atoms with Crippen molar-refractivity contribution >= 4 is 5.91 Å². The number of likely N-dealkylation sites (tertiary alicyclic amines) is 1. The Morgan fingerprint density at radius 1 is 1.07 bits per heavy atom. The molecule has 1 N–H and O–H groups in total. The molecule has 3 rings (SSSR count). The summed E-state index contributed by atoms with van der Waals surface area (Å²) in [4.78, 5) is 14.8. The van der Waals surface area contributed by atoms with Crippen molar-refractivity contribution < 1.29 is 18.7 Å². The van der Waals surface area contributed by atoms with Gasteiger partial charge in [-0.3, -0.25) is 4.79 Å². The second-order valence-corrected chi connectivity index (χ2v) is 7.36. The highest BCUT2D eigenvalue weighted by Crippen LogP contribution is 2.42. The molecule has 1 heterocycles. The molecular formula is C22H25F2NO2. The van der Waals surface area contributed by atoms with Gasteiger partial charge in [-0.05, 0) is 61.6 Å². The van der Waals surface area contributed by atoms with Crippen molar-refractivity contribution in [1.82, 2.24) is 4.90 Å². The third kappa shape index (κ3) is 4.19. The van der Waals surface area contributed by atoms with E-state index in [0.717, 1.165) is 17.5 Å². The van der Waals surface area contributed by atoms with E-state index in [1.165, 1.54) is 24.3 Å². The van der Waals surface area contributed by atoms with E-state index in [0.29, 0.717) is 25.8 Å². The van der Waals surface area contributed by atoms with Gasteiger partial charge in [0.1, 0.15) is 11.6 Å². The smallest absolute Gasteiger partial charge is 0.223 e. The first kappa shape index (κ1) is 19.5. The van der Waals surface area contributed by atoms with Gasteiger partial charge in [0.05, 0.1) is 6.04 Å². The predicted octanol–water partition coefficient (Wildman–Crippen LogP) is 4.36. The number of piperidine rings is 1. The summed E-state index contributed by atoms with van der Waals surface area (Å²) < 4.78 is 26.5. The average molecular weight is 373 g/mol. The van der Waals surface area contributed by atoms with Crippen LogP contribution in [0.2, 0.25) is 0 Å². The van der Waals surface area contributed by atoms with Gasteiger partial charge in [-0.25, -0.2) is 8.78 Å². The van der Waals surface area contributed by atoms with E-state index >= 15 is 0 Å². The van der Waals surface area contributed by atoms with Crippen molar-refractivity contribution in [3.63, 3.8) is 0 Å². The zero-order chi connectivity index (χ0) is 19.4. The molecule has 5 heteroatoms. The second-order valence-electron chi connectivity index (χ2n) is 7.36. The van der Waals surface area contributed by atoms with E-state index < -0.39 is 0 Å². The first-order valence-electron chi connectivity index (χ1n) is 9.37. The lowest BCUT2D eigenvalue weighted by molar-refractivity contribution is -0.138. The minimum absolute atomic E-state index is 0.0281. The Kier molecular flexibility index (Phi) is 5.90. The number of nitrogens with zero attached hydrogens (tertiary/aromatic N) is 1. The minimum Gasteiger partial charge on any atom is -0.396 e. The van der Waals surface area contributed by atoms with Crippen LogP contribution in [0.4, 0.5) is 8.78 Å². The van der Waals surface area contributed by atoms with Crippen LogP contribution in [0.1, 0.15) is 49.8 Å². The fourth-order valence-corrected chi connectivity index (χ4v) is 4.09. The van der Waals surface area contributed by atoms with Gasteiger partial charge in [0.2, 0.25) is 5.91 Å². The van der Waals surface area contributed by atoms with Crippen molar-refractivity contribution in [1.29, 1.82) is 0 Å². The van der Waals surface area contributed by atoms with Crippen LogP contribution in [0.25, 0.3) is 0 Å². The molecule has 1 amide bonds. The Hall–Kier alpha value is -2.27. The van der Waals surface area contributed by atoms with Gasteiger partial charge in [0.15, 0.2) is 0 Å². The summed E-state index contributed by atoms with van der Waals surface area (Å²) in [6.07, 6.45) is 2.35. The van der Waals surface area contributed by atoms with Crippen molar-refractivity contribution in [2.45, 2.75) is 44.1 Å². The second kappa shape index (κ2) is 8.17. The normalized spacial score (nSPS) is 21.3. The Bertz CT molecular complexity index is 776. The number of carbonyl (C=O) groups is 1. The van der Waals surface area contributed by atoms with Crippen molar-refractivity contribution in [2.75, 3.05) is 13.2 Å².